The summed E-state index contributed by atoms with van der Waals surface area (Å²) in [6.07, 6.45) is 2.78. The first-order valence-electron chi connectivity index (χ1n) is 5.89. The molecule has 0 saturated carbocycles. The van der Waals surface area contributed by atoms with Crippen LogP contribution in [-0.2, 0) is 0 Å². The number of rotatable bonds is 3. The van der Waals surface area contributed by atoms with E-state index in [-0.39, 0.29) is 11.6 Å². The Morgan fingerprint density at radius 1 is 1.32 bits per heavy atom. The van der Waals surface area contributed by atoms with Crippen LogP contribution in [0.5, 0.6) is 0 Å². The highest BCUT2D eigenvalue weighted by Gasteiger charge is 2.02. The van der Waals surface area contributed by atoms with Crippen molar-refractivity contribution in [1.82, 2.24) is 15.3 Å². The van der Waals surface area contributed by atoms with Crippen LogP contribution in [0.25, 0.3) is 11.3 Å². The molecule has 0 bridgehead atoms. The number of nitrogens with zero attached hydrogens (tertiary/aromatic N) is 1. The Balaban J connectivity index is 2.12. The molecule has 0 spiro atoms. The van der Waals surface area contributed by atoms with Gasteiger partial charge >= 0.3 is 6.03 Å². The van der Waals surface area contributed by atoms with Crippen molar-refractivity contribution in [2.75, 3.05) is 11.9 Å². The topological polar surface area (TPSA) is 86.9 Å². The highest BCUT2D eigenvalue weighted by Crippen LogP contribution is 2.17. The second-order valence-electron chi connectivity index (χ2n) is 3.86. The summed E-state index contributed by atoms with van der Waals surface area (Å²) in [6, 6.07) is 6.96. The van der Waals surface area contributed by atoms with E-state index in [0.29, 0.717) is 17.9 Å². The van der Waals surface area contributed by atoms with E-state index in [9.17, 15) is 9.59 Å². The number of anilines is 1. The SMILES string of the molecule is CCNC(=O)Nc1ccc(-c2c[nH]c(=O)cn2)cc1. The summed E-state index contributed by atoms with van der Waals surface area (Å²) in [4.78, 5) is 28.8. The fourth-order valence-corrected chi connectivity index (χ4v) is 1.56. The maximum Gasteiger partial charge on any atom is 0.319 e. The molecular weight excluding hydrogens is 244 g/mol. The number of hydrogen-bond donors (Lipinski definition) is 3. The van der Waals surface area contributed by atoms with Gasteiger partial charge in [-0.3, -0.25) is 4.79 Å². The Hall–Kier alpha value is -2.63. The molecule has 2 aromatic rings. The molecule has 98 valence electrons. The molecule has 0 atom stereocenters. The number of hydrogen-bond acceptors (Lipinski definition) is 3. The van der Waals surface area contributed by atoms with Crippen LogP contribution in [0, 0.1) is 0 Å². The average Bonchev–Trinajstić information content (AvgIpc) is 2.41. The number of aromatic nitrogens is 2. The van der Waals surface area contributed by atoms with E-state index in [1.54, 1.807) is 18.3 Å². The second kappa shape index (κ2) is 5.81. The third kappa shape index (κ3) is 3.41. The van der Waals surface area contributed by atoms with Crippen molar-refractivity contribution >= 4 is 11.7 Å². The van der Waals surface area contributed by atoms with Crippen LogP contribution in [0.3, 0.4) is 0 Å². The molecule has 0 saturated heterocycles. The fourth-order valence-electron chi connectivity index (χ4n) is 1.56. The highest BCUT2D eigenvalue weighted by atomic mass is 16.2. The zero-order valence-corrected chi connectivity index (χ0v) is 10.4. The number of benzene rings is 1. The number of nitrogens with one attached hydrogen (secondary N) is 3. The predicted octanol–water partition coefficient (Wildman–Crippen LogP) is 1.58. The summed E-state index contributed by atoms with van der Waals surface area (Å²) in [6.45, 7) is 2.43. The molecule has 3 N–H and O–H groups in total. The van der Waals surface area contributed by atoms with Crippen molar-refractivity contribution in [3.8, 4) is 11.3 Å². The zero-order chi connectivity index (χ0) is 13.7. The van der Waals surface area contributed by atoms with Crippen LogP contribution in [0.1, 0.15) is 6.92 Å². The molecule has 0 radical (unpaired) electrons. The molecule has 1 aromatic heterocycles. The molecule has 6 nitrogen and oxygen atoms in total. The van der Waals surface area contributed by atoms with Crippen molar-refractivity contribution in [3.05, 3.63) is 47.0 Å². The molecule has 2 amide bonds. The van der Waals surface area contributed by atoms with Crippen LogP contribution < -0.4 is 16.2 Å². The first-order valence-corrected chi connectivity index (χ1v) is 5.89. The summed E-state index contributed by atoms with van der Waals surface area (Å²) in [5.41, 5.74) is 1.99. The molecule has 0 aliphatic rings. The average molecular weight is 258 g/mol. The zero-order valence-electron chi connectivity index (χ0n) is 10.4. The van der Waals surface area contributed by atoms with Gasteiger partial charge in [0.25, 0.3) is 5.56 Å². The largest absolute Gasteiger partial charge is 0.338 e. The minimum atomic E-state index is -0.239. The molecule has 0 unspecified atom stereocenters. The summed E-state index contributed by atoms with van der Waals surface area (Å²) in [7, 11) is 0. The lowest BCUT2D eigenvalue weighted by atomic mass is 10.1. The van der Waals surface area contributed by atoms with E-state index in [0.717, 1.165) is 5.56 Å². The van der Waals surface area contributed by atoms with Crippen molar-refractivity contribution in [2.24, 2.45) is 0 Å². The van der Waals surface area contributed by atoms with E-state index in [4.69, 9.17) is 0 Å². The molecule has 0 aliphatic carbocycles. The molecular formula is C13H14N4O2. The lowest BCUT2D eigenvalue weighted by Crippen LogP contribution is -2.28. The lowest BCUT2D eigenvalue weighted by molar-refractivity contribution is 0.252. The number of H-pyrrole nitrogens is 1. The molecule has 1 aromatic carbocycles. The smallest absolute Gasteiger partial charge is 0.319 e. The minimum Gasteiger partial charge on any atom is -0.338 e. The first kappa shape index (κ1) is 12.8. The van der Waals surface area contributed by atoms with Crippen molar-refractivity contribution in [1.29, 1.82) is 0 Å². The Morgan fingerprint density at radius 3 is 2.63 bits per heavy atom. The Morgan fingerprint density at radius 2 is 2.05 bits per heavy atom. The Kier molecular flexibility index (Phi) is 3.92. The number of carbonyl (C=O) groups is 1. The summed E-state index contributed by atoms with van der Waals surface area (Å²) >= 11 is 0. The van der Waals surface area contributed by atoms with E-state index in [1.165, 1.54) is 6.20 Å². The maximum absolute atomic E-state index is 11.3. The quantitative estimate of drug-likeness (QED) is 0.781. The van der Waals surface area contributed by atoms with Gasteiger partial charge in [0.1, 0.15) is 0 Å². The van der Waals surface area contributed by atoms with Gasteiger partial charge in [0.2, 0.25) is 0 Å². The van der Waals surface area contributed by atoms with Crippen LogP contribution in [0.15, 0.2) is 41.5 Å². The third-order valence-electron chi connectivity index (χ3n) is 2.45. The van der Waals surface area contributed by atoms with Crippen molar-refractivity contribution in [2.45, 2.75) is 6.92 Å². The summed E-state index contributed by atoms with van der Waals surface area (Å²) in [5.74, 6) is 0. The summed E-state index contributed by atoms with van der Waals surface area (Å²) < 4.78 is 0. The van der Waals surface area contributed by atoms with E-state index >= 15 is 0 Å². The lowest BCUT2D eigenvalue weighted by Gasteiger charge is -2.06. The van der Waals surface area contributed by atoms with Gasteiger partial charge in [0.05, 0.1) is 11.9 Å². The number of aromatic amines is 1. The van der Waals surface area contributed by atoms with Crippen LogP contribution >= 0.6 is 0 Å². The first-order chi connectivity index (χ1) is 9.19. The number of urea groups is 1. The fraction of sp³-hybridized carbons (Fsp3) is 0.154. The third-order valence-corrected chi connectivity index (χ3v) is 2.45. The minimum absolute atomic E-state index is 0.238. The van der Waals surface area contributed by atoms with Gasteiger partial charge in [0.15, 0.2) is 0 Å². The highest BCUT2D eigenvalue weighted by molar-refractivity contribution is 5.89. The van der Waals surface area contributed by atoms with Gasteiger partial charge in [-0.05, 0) is 19.1 Å². The van der Waals surface area contributed by atoms with Gasteiger partial charge in [-0.1, -0.05) is 12.1 Å². The van der Waals surface area contributed by atoms with Gasteiger partial charge in [-0.2, -0.15) is 0 Å². The number of amides is 2. The van der Waals surface area contributed by atoms with Gasteiger partial charge in [-0.25, -0.2) is 9.78 Å². The van der Waals surface area contributed by atoms with Crippen LogP contribution in [0.4, 0.5) is 10.5 Å². The maximum atomic E-state index is 11.3. The Labute approximate surface area is 109 Å². The van der Waals surface area contributed by atoms with Gasteiger partial charge < -0.3 is 15.6 Å². The normalized spacial score (nSPS) is 9.95. The van der Waals surface area contributed by atoms with Crippen LogP contribution in [-0.4, -0.2) is 22.5 Å². The molecule has 19 heavy (non-hydrogen) atoms. The predicted molar refractivity (Wildman–Crippen MR) is 73.0 cm³/mol. The monoisotopic (exact) mass is 258 g/mol. The van der Waals surface area contributed by atoms with E-state index in [2.05, 4.69) is 20.6 Å². The van der Waals surface area contributed by atoms with Gasteiger partial charge in [0, 0.05) is 24.0 Å². The van der Waals surface area contributed by atoms with E-state index in [1.807, 2.05) is 19.1 Å². The molecule has 6 heteroatoms. The van der Waals surface area contributed by atoms with Gasteiger partial charge in [-0.15, -0.1) is 0 Å². The van der Waals surface area contributed by atoms with E-state index < -0.39 is 0 Å². The molecule has 0 fully saturated rings. The second-order valence-corrected chi connectivity index (χ2v) is 3.86. The van der Waals surface area contributed by atoms with Crippen molar-refractivity contribution < 1.29 is 4.79 Å². The number of carbonyl (C=O) groups excluding carboxylic acids is 1. The Bertz CT molecular complexity index is 599. The molecule has 1 heterocycles. The standard InChI is InChI=1S/C13H14N4O2/c1-2-14-13(19)17-10-5-3-9(4-6-10)11-7-16-12(18)8-15-11/h3-8H,2H2,1H3,(H,16,18)(H2,14,17,19). The van der Waals surface area contributed by atoms with Crippen molar-refractivity contribution in [3.63, 3.8) is 0 Å². The van der Waals surface area contributed by atoms with Crippen LogP contribution in [0.2, 0.25) is 0 Å². The molecule has 0 aliphatic heterocycles. The molecule has 2 rings (SSSR count). The summed E-state index contributed by atoms with van der Waals surface area (Å²) in [5, 5.41) is 5.35.